The van der Waals surface area contributed by atoms with Crippen molar-refractivity contribution in [2.24, 2.45) is 11.8 Å². The predicted molar refractivity (Wildman–Crippen MR) is 83.6 cm³/mol. The van der Waals surface area contributed by atoms with Crippen molar-refractivity contribution in [1.82, 2.24) is 5.32 Å². The van der Waals surface area contributed by atoms with E-state index < -0.39 is 0 Å². The number of hydrogen-bond donors (Lipinski definition) is 1. The number of nitrogens with one attached hydrogen (secondary N) is 1. The Morgan fingerprint density at radius 3 is 2.80 bits per heavy atom. The Labute approximate surface area is 125 Å². The molecule has 0 bridgehead atoms. The zero-order chi connectivity index (χ0) is 14.1. The predicted octanol–water partition coefficient (Wildman–Crippen LogP) is 4.78. The molecule has 1 aliphatic heterocycles. The summed E-state index contributed by atoms with van der Waals surface area (Å²) in [5, 5.41) is 3.81. The van der Waals surface area contributed by atoms with Crippen LogP contribution in [0.15, 0.2) is 23.1 Å². The average Bonchev–Trinajstić information content (AvgIpc) is 2.44. The highest BCUT2D eigenvalue weighted by Crippen LogP contribution is 2.38. The van der Waals surface area contributed by atoms with Crippen molar-refractivity contribution in [3.63, 3.8) is 0 Å². The lowest BCUT2D eigenvalue weighted by Crippen LogP contribution is -2.39. The molecule has 0 amide bonds. The summed E-state index contributed by atoms with van der Waals surface area (Å²) in [5.41, 5.74) is 1.17. The van der Waals surface area contributed by atoms with Crippen LogP contribution in [0.4, 0.5) is 4.39 Å². The van der Waals surface area contributed by atoms with E-state index >= 15 is 0 Å². The van der Waals surface area contributed by atoms with Crippen LogP contribution in [0.1, 0.15) is 51.1 Å². The van der Waals surface area contributed by atoms with Gasteiger partial charge in [0.1, 0.15) is 5.82 Å². The molecule has 3 heteroatoms. The first-order valence-electron chi connectivity index (χ1n) is 7.82. The van der Waals surface area contributed by atoms with Gasteiger partial charge in [0, 0.05) is 17.0 Å². The summed E-state index contributed by atoms with van der Waals surface area (Å²) in [6.07, 6.45) is 4.95. The second kappa shape index (κ2) is 6.07. The maximum Gasteiger partial charge on any atom is 0.123 e. The van der Waals surface area contributed by atoms with E-state index in [1.807, 2.05) is 17.8 Å². The molecule has 1 nitrogen and oxygen atoms in total. The van der Waals surface area contributed by atoms with Crippen LogP contribution >= 0.6 is 11.8 Å². The van der Waals surface area contributed by atoms with Crippen LogP contribution in [0.2, 0.25) is 0 Å². The quantitative estimate of drug-likeness (QED) is 0.842. The highest BCUT2D eigenvalue weighted by molar-refractivity contribution is 7.99. The Balaban J connectivity index is 1.71. The monoisotopic (exact) mass is 293 g/mol. The van der Waals surface area contributed by atoms with Crippen molar-refractivity contribution in [2.45, 2.75) is 56.5 Å². The molecule has 110 valence electrons. The maximum absolute atomic E-state index is 13.5. The van der Waals surface area contributed by atoms with Crippen LogP contribution in [0.5, 0.6) is 0 Å². The van der Waals surface area contributed by atoms with E-state index in [-0.39, 0.29) is 5.82 Å². The lowest BCUT2D eigenvalue weighted by molar-refractivity contribution is 0.213. The van der Waals surface area contributed by atoms with E-state index in [1.54, 1.807) is 12.1 Å². The number of benzene rings is 1. The third kappa shape index (κ3) is 3.04. The minimum atomic E-state index is -0.108. The number of halogens is 1. The molecule has 3 rings (SSSR count). The smallest absolute Gasteiger partial charge is 0.123 e. The highest BCUT2D eigenvalue weighted by atomic mass is 32.2. The Morgan fingerprint density at radius 2 is 2.00 bits per heavy atom. The van der Waals surface area contributed by atoms with Crippen molar-refractivity contribution < 1.29 is 4.39 Å². The Morgan fingerprint density at radius 1 is 1.15 bits per heavy atom. The lowest BCUT2D eigenvalue weighted by Gasteiger charge is -2.36. The molecular formula is C17H24FNS. The minimum absolute atomic E-state index is 0.108. The summed E-state index contributed by atoms with van der Waals surface area (Å²) in [5.74, 6) is 2.67. The van der Waals surface area contributed by atoms with Crippen molar-refractivity contribution in [3.8, 4) is 0 Å². The fraction of sp³-hybridized carbons (Fsp3) is 0.647. The topological polar surface area (TPSA) is 12.0 Å². The van der Waals surface area contributed by atoms with E-state index in [4.69, 9.17) is 0 Å². The fourth-order valence-corrected chi connectivity index (χ4v) is 4.63. The van der Waals surface area contributed by atoms with Gasteiger partial charge in [-0.3, -0.25) is 0 Å². The standard InChI is InChI=1S/C17H24FNS/c1-11-3-5-14(9-12(11)2)19-16-7-8-20-17-6-4-13(18)10-15(16)17/h4,6,10-12,14,16,19H,3,5,7-9H2,1-2H3. The van der Waals surface area contributed by atoms with Crippen LogP contribution < -0.4 is 5.32 Å². The van der Waals surface area contributed by atoms with Gasteiger partial charge in [-0.2, -0.15) is 0 Å². The Hall–Kier alpha value is -0.540. The van der Waals surface area contributed by atoms with Crippen LogP contribution in [0.25, 0.3) is 0 Å². The second-order valence-corrected chi connectivity index (χ2v) is 7.64. The van der Waals surface area contributed by atoms with Gasteiger partial charge < -0.3 is 5.32 Å². The number of hydrogen-bond acceptors (Lipinski definition) is 2. The van der Waals surface area contributed by atoms with Gasteiger partial charge in [-0.25, -0.2) is 4.39 Å². The highest BCUT2D eigenvalue weighted by Gasteiger charge is 2.28. The zero-order valence-corrected chi connectivity index (χ0v) is 13.2. The molecule has 1 aromatic rings. The van der Waals surface area contributed by atoms with E-state index in [1.165, 1.54) is 29.7 Å². The molecule has 4 unspecified atom stereocenters. The van der Waals surface area contributed by atoms with Crippen LogP contribution in [-0.4, -0.2) is 11.8 Å². The molecule has 1 fully saturated rings. The summed E-state index contributed by atoms with van der Waals surface area (Å²) in [7, 11) is 0. The molecule has 0 aromatic heterocycles. The molecule has 4 atom stereocenters. The third-order valence-corrected chi connectivity index (χ3v) is 6.17. The van der Waals surface area contributed by atoms with Gasteiger partial charge >= 0.3 is 0 Å². The molecule has 20 heavy (non-hydrogen) atoms. The van der Waals surface area contributed by atoms with Crippen molar-refractivity contribution >= 4 is 11.8 Å². The van der Waals surface area contributed by atoms with Gasteiger partial charge in [0.15, 0.2) is 0 Å². The number of rotatable bonds is 2. The largest absolute Gasteiger partial charge is 0.307 e. The van der Waals surface area contributed by atoms with Crippen LogP contribution in [0, 0.1) is 17.7 Å². The van der Waals surface area contributed by atoms with Gasteiger partial charge in [-0.15, -0.1) is 11.8 Å². The molecule has 1 N–H and O–H groups in total. The van der Waals surface area contributed by atoms with E-state index in [9.17, 15) is 4.39 Å². The summed E-state index contributed by atoms with van der Waals surface area (Å²) in [4.78, 5) is 1.26. The van der Waals surface area contributed by atoms with Gasteiger partial charge in [0.05, 0.1) is 0 Å². The van der Waals surface area contributed by atoms with E-state index in [2.05, 4.69) is 19.2 Å². The summed E-state index contributed by atoms with van der Waals surface area (Å²) in [6, 6.07) is 6.19. The molecule has 1 aromatic carbocycles. The Bertz CT molecular complexity index is 476. The van der Waals surface area contributed by atoms with E-state index in [0.717, 1.165) is 24.0 Å². The minimum Gasteiger partial charge on any atom is -0.307 e. The van der Waals surface area contributed by atoms with E-state index in [0.29, 0.717) is 12.1 Å². The Kier molecular flexibility index (Phi) is 4.37. The molecule has 1 heterocycles. The first-order chi connectivity index (χ1) is 9.63. The first-order valence-corrected chi connectivity index (χ1v) is 8.80. The van der Waals surface area contributed by atoms with Crippen LogP contribution in [-0.2, 0) is 0 Å². The van der Waals surface area contributed by atoms with Crippen LogP contribution in [0.3, 0.4) is 0 Å². The van der Waals surface area contributed by atoms with Gasteiger partial charge in [0.25, 0.3) is 0 Å². The molecule has 0 radical (unpaired) electrons. The lowest BCUT2D eigenvalue weighted by atomic mass is 9.79. The molecule has 1 saturated carbocycles. The summed E-state index contributed by atoms with van der Waals surface area (Å²) >= 11 is 1.86. The van der Waals surface area contributed by atoms with Crippen molar-refractivity contribution in [1.29, 1.82) is 0 Å². The molecule has 1 aliphatic carbocycles. The average molecular weight is 293 g/mol. The zero-order valence-electron chi connectivity index (χ0n) is 12.4. The SMILES string of the molecule is CC1CCC(NC2CCSc3ccc(F)cc32)CC1C. The molecular weight excluding hydrogens is 269 g/mol. The fourth-order valence-electron chi connectivity index (χ4n) is 3.52. The van der Waals surface area contributed by atoms with Gasteiger partial charge in [-0.1, -0.05) is 13.8 Å². The van der Waals surface area contributed by atoms with Crippen molar-refractivity contribution in [2.75, 3.05) is 5.75 Å². The van der Waals surface area contributed by atoms with Gasteiger partial charge in [-0.05, 0) is 67.0 Å². The maximum atomic E-state index is 13.5. The van der Waals surface area contributed by atoms with Crippen molar-refractivity contribution in [3.05, 3.63) is 29.6 Å². The molecule has 2 aliphatic rings. The first kappa shape index (κ1) is 14.4. The normalized spacial score (nSPS) is 33.8. The molecule has 0 spiro atoms. The second-order valence-electron chi connectivity index (χ2n) is 6.50. The third-order valence-electron chi connectivity index (χ3n) is 5.05. The summed E-state index contributed by atoms with van der Waals surface area (Å²) in [6.45, 7) is 4.73. The van der Waals surface area contributed by atoms with Gasteiger partial charge in [0.2, 0.25) is 0 Å². The summed E-state index contributed by atoms with van der Waals surface area (Å²) < 4.78 is 13.5. The molecule has 0 saturated heterocycles. The number of fused-ring (bicyclic) bond motifs is 1. The number of thioether (sulfide) groups is 1.